The largest absolute Gasteiger partial charge is 0.494 e. The lowest BCUT2D eigenvalue weighted by molar-refractivity contribution is 0.141. The predicted octanol–water partition coefficient (Wildman–Crippen LogP) is 3.77. The Morgan fingerprint density at radius 3 is 2.70 bits per heavy atom. The summed E-state index contributed by atoms with van der Waals surface area (Å²) in [6, 6.07) is 14.1. The molecule has 0 saturated carbocycles. The van der Waals surface area contributed by atoms with Crippen molar-refractivity contribution in [1.29, 1.82) is 0 Å². The number of hydrogen-bond donors (Lipinski definition) is 1. The van der Waals surface area contributed by atoms with Crippen molar-refractivity contribution in [2.45, 2.75) is 6.61 Å². The van der Waals surface area contributed by atoms with Gasteiger partial charge >= 0.3 is 6.09 Å². The molecule has 0 fully saturated rings. The van der Waals surface area contributed by atoms with Crippen LogP contribution in [-0.2, 0) is 11.3 Å². The predicted molar refractivity (Wildman–Crippen MR) is 86.6 cm³/mol. The highest BCUT2D eigenvalue weighted by Crippen LogP contribution is 2.18. The lowest BCUT2D eigenvalue weighted by Crippen LogP contribution is -2.24. The molecule has 2 aromatic carbocycles. The van der Waals surface area contributed by atoms with Gasteiger partial charge in [0.2, 0.25) is 0 Å². The molecule has 0 radical (unpaired) electrons. The van der Waals surface area contributed by atoms with Gasteiger partial charge in [-0.15, -0.1) is 0 Å². The molecule has 0 spiro atoms. The Morgan fingerprint density at radius 2 is 2.00 bits per heavy atom. The number of amides is 1. The van der Waals surface area contributed by atoms with Gasteiger partial charge in [0, 0.05) is 6.54 Å². The smallest absolute Gasteiger partial charge is 0.407 e. The van der Waals surface area contributed by atoms with Crippen LogP contribution in [0.2, 0.25) is 0 Å². The van der Waals surface area contributed by atoms with E-state index in [2.05, 4.69) is 5.32 Å². The molecule has 0 aliphatic carbocycles. The molecule has 0 aliphatic rings. The number of halogens is 1. The van der Waals surface area contributed by atoms with Crippen LogP contribution in [0.4, 0.5) is 9.18 Å². The number of benzene rings is 2. The molecule has 0 aromatic heterocycles. The highest BCUT2D eigenvalue weighted by molar-refractivity contribution is 5.67. The molecule has 0 unspecified atom stereocenters. The van der Waals surface area contributed by atoms with Crippen LogP contribution < -0.4 is 10.1 Å². The number of rotatable bonds is 6. The average molecular weight is 315 g/mol. The lowest BCUT2D eigenvalue weighted by atomic mass is 10.2. The molecule has 5 heteroatoms. The van der Waals surface area contributed by atoms with Crippen LogP contribution in [0, 0.1) is 5.82 Å². The number of carbonyl (C=O) groups excluding carboxylic acids is 1. The number of methoxy groups -OCH3 is 1. The van der Waals surface area contributed by atoms with E-state index in [1.807, 2.05) is 30.3 Å². The monoisotopic (exact) mass is 315 g/mol. The lowest BCUT2D eigenvalue weighted by Gasteiger charge is -2.05. The summed E-state index contributed by atoms with van der Waals surface area (Å²) in [5, 5.41) is 2.59. The van der Waals surface area contributed by atoms with E-state index in [0.29, 0.717) is 12.1 Å². The highest BCUT2D eigenvalue weighted by atomic mass is 19.1. The standard InChI is InChI=1S/C18H18FNO3/c1-22-17-10-9-14(12-16(17)19)8-5-11-20-18(21)23-13-15-6-3-2-4-7-15/h2-10,12H,11,13H2,1H3,(H,20,21). The second-order valence-corrected chi connectivity index (χ2v) is 4.74. The van der Waals surface area contributed by atoms with Gasteiger partial charge in [0.05, 0.1) is 7.11 Å². The Morgan fingerprint density at radius 1 is 1.22 bits per heavy atom. The first-order valence-electron chi connectivity index (χ1n) is 7.13. The molecule has 120 valence electrons. The molecule has 0 atom stereocenters. The zero-order chi connectivity index (χ0) is 16.5. The van der Waals surface area contributed by atoms with Crippen molar-refractivity contribution in [2.75, 3.05) is 13.7 Å². The van der Waals surface area contributed by atoms with Gasteiger partial charge in [0.15, 0.2) is 11.6 Å². The summed E-state index contributed by atoms with van der Waals surface area (Å²) < 4.78 is 23.4. The van der Waals surface area contributed by atoms with Crippen LogP contribution >= 0.6 is 0 Å². The Labute approximate surface area is 134 Å². The first kappa shape index (κ1) is 16.5. The maximum absolute atomic E-state index is 13.5. The van der Waals surface area contributed by atoms with E-state index in [9.17, 15) is 9.18 Å². The molecule has 23 heavy (non-hydrogen) atoms. The zero-order valence-electron chi connectivity index (χ0n) is 12.8. The quantitative estimate of drug-likeness (QED) is 0.882. The second kappa shape index (κ2) is 8.58. The summed E-state index contributed by atoms with van der Waals surface area (Å²) in [6.45, 7) is 0.515. The van der Waals surface area contributed by atoms with E-state index in [1.54, 1.807) is 24.3 Å². The summed E-state index contributed by atoms with van der Waals surface area (Å²) in [4.78, 5) is 11.5. The van der Waals surface area contributed by atoms with Crippen LogP contribution in [0.15, 0.2) is 54.6 Å². The van der Waals surface area contributed by atoms with Gasteiger partial charge in [-0.05, 0) is 23.3 Å². The van der Waals surface area contributed by atoms with Crippen molar-refractivity contribution in [2.24, 2.45) is 0 Å². The summed E-state index contributed by atoms with van der Waals surface area (Å²) in [5.41, 5.74) is 1.61. The SMILES string of the molecule is COc1ccc(C=CCNC(=O)OCc2ccccc2)cc1F. The Hall–Kier alpha value is -2.82. The summed E-state index contributed by atoms with van der Waals surface area (Å²) >= 11 is 0. The molecule has 1 N–H and O–H groups in total. The van der Waals surface area contributed by atoms with Gasteiger partial charge in [-0.1, -0.05) is 48.6 Å². The zero-order valence-corrected chi connectivity index (χ0v) is 12.8. The Bertz CT molecular complexity index is 671. The van der Waals surface area contributed by atoms with E-state index < -0.39 is 11.9 Å². The molecule has 1 amide bonds. The van der Waals surface area contributed by atoms with Crippen molar-refractivity contribution in [3.63, 3.8) is 0 Å². The molecule has 4 nitrogen and oxygen atoms in total. The first-order valence-corrected chi connectivity index (χ1v) is 7.13. The minimum atomic E-state index is -0.501. The van der Waals surface area contributed by atoms with E-state index in [-0.39, 0.29) is 12.4 Å². The van der Waals surface area contributed by atoms with Crippen molar-refractivity contribution >= 4 is 12.2 Å². The van der Waals surface area contributed by atoms with Gasteiger partial charge in [0.1, 0.15) is 6.61 Å². The maximum atomic E-state index is 13.5. The third-order valence-electron chi connectivity index (χ3n) is 3.06. The molecular weight excluding hydrogens is 297 g/mol. The fourth-order valence-corrected chi connectivity index (χ4v) is 1.90. The molecule has 0 saturated heterocycles. The van der Waals surface area contributed by atoms with Crippen LogP contribution in [-0.4, -0.2) is 19.7 Å². The van der Waals surface area contributed by atoms with Crippen molar-refractivity contribution in [1.82, 2.24) is 5.32 Å². The van der Waals surface area contributed by atoms with Gasteiger partial charge in [-0.25, -0.2) is 9.18 Å². The molecule has 0 heterocycles. The minimum Gasteiger partial charge on any atom is -0.494 e. The third-order valence-corrected chi connectivity index (χ3v) is 3.06. The normalized spacial score (nSPS) is 10.5. The fourth-order valence-electron chi connectivity index (χ4n) is 1.90. The summed E-state index contributed by atoms with van der Waals surface area (Å²) in [5.74, 6) is -0.227. The number of hydrogen-bond acceptors (Lipinski definition) is 3. The van der Waals surface area contributed by atoms with Crippen molar-refractivity contribution in [3.05, 3.63) is 71.6 Å². The van der Waals surface area contributed by atoms with Crippen LogP contribution in [0.1, 0.15) is 11.1 Å². The number of ether oxygens (including phenoxy) is 2. The molecule has 0 bridgehead atoms. The van der Waals surface area contributed by atoms with E-state index in [1.165, 1.54) is 13.2 Å². The first-order chi connectivity index (χ1) is 11.2. The Balaban J connectivity index is 1.73. The molecular formula is C18H18FNO3. The summed E-state index contributed by atoms with van der Waals surface area (Å²) in [7, 11) is 1.42. The van der Waals surface area contributed by atoms with Crippen molar-refractivity contribution < 1.29 is 18.7 Å². The van der Waals surface area contributed by atoms with Crippen molar-refractivity contribution in [3.8, 4) is 5.75 Å². The van der Waals surface area contributed by atoms with E-state index >= 15 is 0 Å². The summed E-state index contributed by atoms with van der Waals surface area (Å²) in [6.07, 6.45) is 2.92. The molecule has 2 rings (SSSR count). The maximum Gasteiger partial charge on any atom is 0.407 e. The molecule has 0 aliphatic heterocycles. The van der Waals surface area contributed by atoms with Gasteiger partial charge < -0.3 is 14.8 Å². The number of carbonyl (C=O) groups is 1. The number of nitrogens with one attached hydrogen (secondary N) is 1. The second-order valence-electron chi connectivity index (χ2n) is 4.74. The Kier molecular flexibility index (Phi) is 6.17. The highest BCUT2D eigenvalue weighted by Gasteiger charge is 2.02. The van der Waals surface area contributed by atoms with Gasteiger partial charge in [-0.2, -0.15) is 0 Å². The topological polar surface area (TPSA) is 47.6 Å². The average Bonchev–Trinajstić information content (AvgIpc) is 2.58. The van der Waals surface area contributed by atoms with Crippen LogP contribution in [0.25, 0.3) is 6.08 Å². The van der Waals surface area contributed by atoms with Gasteiger partial charge in [-0.3, -0.25) is 0 Å². The van der Waals surface area contributed by atoms with Gasteiger partial charge in [0.25, 0.3) is 0 Å². The number of alkyl carbamates (subject to hydrolysis) is 1. The van der Waals surface area contributed by atoms with Crippen LogP contribution in [0.3, 0.4) is 0 Å². The molecule has 2 aromatic rings. The van der Waals surface area contributed by atoms with E-state index in [0.717, 1.165) is 5.56 Å². The minimum absolute atomic E-state index is 0.199. The fraction of sp³-hybridized carbons (Fsp3) is 0.167. The van der Waals surface area contributed by atoms with Crippen LogP contribution in [0.5, 0.6) is 5.75 Å². The van der Waals surface area contributed by atoms with E-state index in [4.69, 9.17) is 9.47 Å². The third kappa shape index (κ3) is 5.47.